The summed E-state index contributed by atoms with van der Waals surface area (Å²) in [4.78, 5) is 4.04. The number of rotatable bonds is 6. The van der Waals surface area contributed by atoms with Crippen molar-refractivity contribution in [3.8, 4) is 6.07 Å². The number of pyridine rings is 1. The maximum absolute atomic E-state index is 12.0. The second-order valence-electron chi connectivity index (χ2n) is 3.97. The van der Waals surface area contributed by atoms with Gasteiger partial charge < -0.3 is 0 Å². The number of hydrogen-bond donors (Lipinski definition) is 0. The summed E-state index contributed by atoms with van der Waals surface area (Å²) in [5.74, 6) is 0.0605. The fourth-order valence-corrected chi connectivity index (χ4v) is 2.92. The van der Waals surface area contributed by atoms with Crippen LogP contribution in [0.5, 0.6) is 0 Å². The van der Waals surface area contributed by atoms with Gasteiger partial charge >= 0.3 is 0 Å². The highest BCUT2D eigenvalue weighted by Crippen LogP contribution is 2.20. The number of unbranched alkanes of at least 4 members (excludes halogenated alkanes) is 1. The summed E-state index contributed by atoms with van der Waals surface area (Å²) in [6.07, 6.45) is 2.94. The third-order valence-electron chi connectivity index (χ3n) is 2.65. The molecule has 0 N–H and O–H groups in total. The van der Waals surface area contributed by atoms with Gasteiger partial charge in [0.05, 0.1) is 17.5 Å². The largest absolute Gasteiger partial charge is 0.258 e. The average molecular weight is 267 g/mol. The standard InChI is InChI=1S/C12H17N3O2S/c1-3-4-9-18(16,17)15(2)12(10-13)11-7-5-6-8-14-11/h5-8,12H,3-4,9H2,1-2H3. The summed E-state index contributed by atoms with van der Waals surface area (Å²) >= 11 is 0. The van der Waals surface area contributed by atoms with Crippen LogP contribution in [0, 0.1) is 11.3 Å². The highest BCUT2D eigenvalue weighted by Gasteiger charge is 2.27. The molecule has 1 aromatic rings. The summed E-state index contributed by atoms with van der Waals surface area (Å²) in [5.41, 5.74) is 0.447. The first kappa shape index (κ1) is 14.6. The molecular weight excluding hydrogens is 250 g/mol. The predicted octanol–water partition coefficient (Wildman–Crippen LogP) is 1.71. The quantitative estimate of drug-likeness (QED) is 0.786. The molecular formula is C12H17N3O2S. The topological polar surface area (TPSA) is 74.1 Å². The molecule has 0 fully saturated rings. The Morgan fingerprint density at radius 2 is 2.22 bits per heavy atom. The van der Waals surface area contributed by atoms with E-state index in [1.165, 1.54) is 7.05 Å². The third-order valence-corrected chi connectivity index (χ3v) is 4.54. The second kappa shape index (κ2) is 6.47. The molecule has 0 radical (unpaired) electrons. The van der Waals surface area contributed by atoms with Crippen molar-refractivity contribution in [3.63, 3.8) is 0 Å². The van der Waals surface area contributed by atoms with Crippen LogP contribution < -0.4 is 0 Å². The molecule has 0 aliphatic carbocycles. The predicted molar refractivity (Wildman–Crippen MR) is 69.0 cm³/mol. The Labute approximate surface area is 108 Å². The zero-order valence-corrected chi connectivity index (χ0v) is 11.4. The first-order valence-electron chi connectivity index (χ1n) is 5.79. The summed E-state index contributed by atoms with van der Waals surface area (Å²) in [6, 6.07) is 6.23. The molecule has 0 bridgehead atoms. The van der Waals surface area contributed by atoms with Gasteiger partial charge in [-0.3, -0.25) is 4.98 Å². The third kappa shape index (κ3) is 3.52. The van der Waals surface area contributed by atoms with Crippen molar-refractivity contribution in [3.05, 3.63) is 30.1 Å². The van der Waals surface area contributed by atoms with Crippen LogP contribution in [-0.4, -0.2) is 30.5 Å². The maximum atomic E-state index is 12.0. The minimum absolute atomic E-state index is 0.0605. The van der Waals surface area contributed by atoms with Crippen molar-refractivity contribution >= 4 is 10.0 Å². The van der Waals surface area contributed by atoms with E-state index in [1.807, 2.05) is 13.0 Å². The van der Waals surface area contributed by atoms with Crippen molar-refractivity contribution in [1.82, 2.24) is 9.29 Å². The minimum atomic E-state index is -3.41. The van der Waals surface area contributed by atoms with Crippen molar-refractivity contribution in [2.45, 2.75) is 25.8 Å². The van der Waals surface area contributed by atoms with E-state index in [0.29, 0.717) is 12.1 Å². The van der Waals surface area contributed by atoms with Gasteiger partial charge in [0.25, 0.3) is 0 Å². The van der Waals surface area contributed by atoms with E-state index < -0.39 is 16.1 Å². The van der Waals surface area contributed by atoms with Gasteiger partial charge in [-0.25, -0.2) is 8.42 Å². The van der Waals surface area contributed by atoms with Gasteiger partial charge in [0.15, 0.2) is 6.04 Å². The van der Waals surface area contributed by atoms with Gasteiger partial charge in [0.1, 0.15) is 0 Å². The van der Waals surface area contributed by atoms with Crippen LogP contribution in [-0.2, 0) is 10.0 Å². The summed E-state index contributed by atoms with van der Waals surface area (Å²) in [7, 11) is -1.99. The fraction of sp³-hybridized carbons (Fsp3) is 0.500. The molecule has 98 valence electrons. The summed E-state index contributed by atoms with van der Waals surface area (Å²) in [6.45, 7) is 1.93. The van der Waals surface area contributed by atoms with Gasteiger partial charge in [0, 0.05) is 13.2 Å². The number of nitriles is 1. The van der Waals surface area contributed by atoms with Gasteiger partial charge in [-0.05, 0) is 18.6 Å². The lowest BCUT2D eigenvalue weighted by molar-refractivity contribution is 0.425. The Morgan fingerprint density at radius 3 is 2.72 bits per heavy atom. The number of aromatic nitrogens is 1. The van der Waals surface area contributed by atoms with E-state index in [2.05, 4.69) is 4.98 Å². The smallest absolute Gasteiger partial charge is 0.215 e. The number of hydrogen-bond acceptors (Lipinski definition) is 4. The molecule has 18 heavy (non-hydrogen) atoms. The molecule has 0 aliphatic rings. The van der Waals surface area contributed by atoms with Crippen molar-refractivity contribution in [1.29, 1.82) is 5.26 Å². The van der Waals surface area contributed by atoms with E-state index >= 15 is 0 Å². The van der Waals surface area contributed by atoms with Crippen molar-refractivity contribution < 1.29 is 8.42 Å². The lowest BCUT2D eigenvalue weighted by Crippen LogP contribution is -2.32. The highest BCUT2D eigenvalue weighted by molar-refractivity contribution is 7.89. The van der Waals surface area contributed by atoms with E-state index in [0.717, 1.165) is 10.7 Å². The Balaban J connectivity index is 2.94. The number of sulfonamides is 1. The molecule has 1 rings (SSSR count). The second-order valence-corrected chi connectivity index (χ2v) is 6.12. The van der Waals surface area contributed by atoms with Crippen LogP contribution in [0.3, 0.4) is 0 Å². The average Bonchev–Trinajstić information content (AvgIpc) is 2.38. The van der Waals surface area contributed by atoms with E-state index in [-0.39, 0.29) is 5.75 Å². The van der Waals surface area contributed by atoms with Crippen LogP contribution in [0.4, 0.5) is 0 Å². The van der Waals surface area contributed by atoms with Crippen LogP contribution in [0.2, 0.25) is 0 Å². The zero-order valence-electron chi connectivity index (χ0n) is 10.6. The van der Waals surface area contributed by atoms with Crippen LogP contribution in [0.25, 0.3) is 0 Å². The molecule has 0 saturated carbocycles. The molecule has 0 saturated heterocycles. The van der Waals surface area contributed by atoms with Gasteiger partial charge in [-0.2, -0.15) is 9.57 Å². The van der Waals surface area contributed by atoms with E-state index in [9.17, 15) is 8.42 Å². The van der Waals surface area contributed by atoms with Gasteiger partial charge in [-0.15, -0.1) is 0 Å². The van der Waals surface area contributed by atoms with Gasteiger partial charge in [0.2, 0.25) is 10.0 Å². The highest BCUT2D eigenvalue weighted by atomic mass is 32.2. The van der Waals surface area contributed by atoms with Crippen molar-refractivity contribution in [2.75, 3.05) is 12.8 Å². The molecule has 0 aliphatic heterocycles. The summed E-state index contributed by atoms with van der Waals surface area (Å²) in [5, 5.41) is 9.14. The van der Waals surface area contributed by atoms with Crippen LogP contribution in [0.15, 0.2) is 24.4 Å². The maximum Gasteiger partial charge on any atom is 0.215 e. The van der Waals surface area contributed by atoms with E-state index in [4.69, 9.17) is 5.26 Å². The zero-order chi connectivity index (χ0) is 13.6. The molecule has 1 atom stereocenters. The van der Waals surface area contributed by atoms with Gasteiger partial charge in [-0.1, -0.05) is 19.4 Å². The van der Waals surface area contributed by atoms with E-state index in [1.54, 1.807) is 24.4 Å². The Bertz CT molecular complexity index is 508. The first-order chi connectivity index (χ1) is 8.53. The lowest BCUT2D eigenvalue weighted by Gasteiger charge is -2.21. The SMILES string of the molecule is CCCCS(=O)(=O)N(C)C(C#N)c1ccccn1. The first-order valence-corrected chi connectivity index (χ1v) is 7.40. The number of nitrogens with zero attached hydrogens (tertiary/aromatic N) is 3. The van der Waals surface area contributed by atoms with Crippen molar-refractivity contribution in [2.24, 2.45) is 0 Å². The Hall–Kier alpha value is -1.45. The van der Waals surface area contributed by atoms with Crippen LogP contribution >= 0.6 is 0 Å². The molecule has 0 amide bonds. The Kier molecular flexibility index (Phi) is 5.25. The Morgan fingerprint density at radius 1 is 1.50 bits per heavy atom. The van der Waals surface area contributed by atoms with Crippen LogP contribution in [0.1, 0.15) is 31.5 Å². The monoisotopic (exact) mass is 267 g/mol. The molecule has 0 aromatic carbocycles. The lowest BCUT2D eigenvalue weighted by atomic mass is 10.2. The summed E-state index contributed by atoms with van der Waals surface area (Å²) < 4.78 is 25.1. The molecule has 1 heterocycles. The molecule has 1 aromatic heterocycles. The molecule has 5 nitrogen and oxygen atoms in total. The molecule has 0 spiro atoms. The molecule has 1 unspecified atom stereocenters. The molecule has 6 heteroatoms. The normalized spacial score (nSPS) is 13.2. The minimum Gasteiger partial charge on any atom is -0.258 e. The fourth-order valence-electron chi connectivity index (χ4n) is 1.50.